The average Bonchev–Trinajstić information content (AvgIpc) is 3.41. The molecule has 0 unspecified atom stereocenters. The van der Waals surface area contributed by atoms with Crippen LogP contribution in [0.15, 0.2) is 64.4 Å². The Morgan fingerprint density at radius 3 is 2.06 bits per heavy atom. The van der Waals surface area contributed by atoms with Gasteiger partial charge in [-0.2, -0.15) is 8.61 Å². The van der Waals surface area contributed by atoms with Crippen LogP contribution in [0, 0.1) is 5.92 Å². The lowest BCUT2D eigenvalue weighted by Gasteiger charge is -2.31. The highest BCUT2D eigenvalue weighted by Crippen LogP contribution is 2.24. The van der Waals surface area contributed by atoms with E-state index in [-0.39, 0.29) is 23.3 Å². The monoisotopic (exact) mass is 505 g/mol. The van der Waals surface area contributed by atoms with Gasteiger partial charge in [0, 0.05) is 32.7 Å². The molecule has 0 bridgehead atoms. The molecular weight excluding hydrogens is 474 g/mol. The highest BCUT2D eigenvalue weighted by Gasteiger charge is 2.33. The topological polar surface area (TPSA) is 104 Å². The molecule has 0 saturated carbocycles. The van der Waals surface area contributed by atoms with Gasteiger partial charge in [-0.3, -0.25) is 4.79 Å². The summed E-state index contributed by atoms with van der Waals surface area (Å²) in [7, 11) is -7.05. The SMILES string of the molecule is O=C(NCCc1ccc(S(=O)(=O)N2CCCC2)cc1)[C@@H]1CCCN(S(=O)(=O)c2ccccc2)C1. The summed E-state index contributed by atoms with van der Waals surface area (Å²) in [5, 5.41) is 2.92. The van der Waals surface area contributed by atoms with Crippen LogP contribution in [-0.2, 0) is 31.3 Å². The van der Waals surface area contributed by atoms with Crippen LogP contribution in [0.25, 0.3) is 0 Å². The van der Waals surface area contributed by atoms with Gasteiger partial charge in [0.05, 0.1) is 15.7 Å². The molecule has 2 aliphatic rings. The van der Waals surface area contributed by atoms with Gasteiger partial charge in [0.1, 0.15) is 0 Å². The van der Waals surface area contributed by atoms with Gasteiger partial charge in [-0.1, -0.05) is 30.3 Å². The summed E-state index contributed by atoms with van der Waals surface area (Å²) in [6, 6.07) is 15.1. The van der Waals surface area contributed by atoms with E-state index in [0.29, 0.717) is 50.3 Å². The van der Waals surface area contributed by atoms with E-state index in [9.17, 15) is 21.6 Å². The molecule has 1 N–H and O–H groups in total. The van der Waals surface area contributed by atoms with Crippen molar-refractivity contribution >= 4 is 26.0 Å². The fourth-order valence-electron chi connectivity index (χ4n) is 4.50. The van der Waals surface area contributed by atoms with Crippen molar-refractivity contribution in [2.75, 3.05) is 32.7 Å². The van der Waals surface area contributed by atoms with Crippen LogP contribution in [-0.4, -0.2) is 64.1 Å². The Morgan fingerprint density at radius 1 is 0.794 bits per heavy atom. The fraction of sp³-hybridized carbons (Fsp3) is 0.458. The van der Waals surface area contributed by atoms with Crippen molar-refractivity contribution in [1.29, 1.82) is 0 Å². The molecular formula is C24H31N3O5S2. The lowest BCUT2D eigenvalue weighted by atomic mass is 9.99. The predicted octanol–water partition coefficient (Wildman–Crippen LogP) is 2.23. The van der Waals surface area contributed by atoms with E-state index in [2.05, 4.69) is 5.32 Å². The van der Waals surface area contributed by atoms with Gasteiger partial charge in [0.15, 0.2) is 0 Å². The van der Waals surface area contributed by atoms with Crippen LogP contribution in [0.1, 0.15) is 31.2 Å². The van der Waals surface area contributed by atoms with Gasteiger partial charge < -0.3 is 5.32 Å². The summed E-state index contributed by atoms with van der Waals surface area (Å²) in [6.45, 7) is 2.13. The maximum Gasteiger partial charge on any atom is 0.243 e. The molecule has 2 heterocycles. The van der Waals surface area contributed by atoms with Gasteiger partial charge >= 0.3 is 0 Å². The van der Waals surface area contributed by atoms with Gasteiger partial charge in [0.2, 0.25) is 26.0 Å². The summed E-state index contributed by atoms with van der Waals surface area (Å²) in [4.78, 5) is 13.2. The van der Waals surface area contributed by atoms with Gasteiger partial charge in [0.25, 0.3) is 0 Å². The third kappa shape index (κ3) is 5.51. The molecule has 0 radical (unpaired) electrons. The zero-order valence-electron chi connectivity index (χ0n) is 19.1. The maximum absolute atomic E-state index is 12.9. The van der Waals surface area contributed by atoms with Crippen LogP contribution in [0.3, 0.4) is 0 Å². The van der Waals surface area contributed by atoms with Gasteiger partial charge in [-0.25, -0.2) is 16.8 Å². The summed E-state index contributed by atoms with van der Waals surface area (Å²) >= 11 is 0. The van der Waals surface area contributed by atoms with Gasteiger partial charge in [-0.05, 0) is 61.9 Å². The Hall–Kier alpha value is -2.27. The molecule has 184 valence electrons. The molecule has 0 aromatic heterocycles. The Kier molecular flexibility index (Phi) is 7.71. The Labute approximate surface area is 202 Å². The highest BCUT2D eigenvalue weighted by atomic mass is 32.2. The summed E-state index contributed by atoms with van der Waals surface area (Å²) in [5.74, 6) is -0.540. The number of carbonyl (C=O) groups excluding carboxylic acids is 1. The minimum atomic E-state index is -3.61. The van der Waals surface area contributed by atoms with Crippen LogP contribution in [0.4, 0.5) is 0 Å². The molecule has 10 heteroatoms. The number of amides is 1. The number of nitrogens with zero attached hydrogens (tertiary/aromatic N) is 2. The van der Waals surface area contributed by atoms with E-state index in [0.717, 1.165) is 18.4 Å². The molecule has 1 amide bonds. The van der Waals surface area contributed by atoms with E-state index >= 15 is 0 Å². The summed E-state index contributed by atoms with van der Waals surface area (Å²) < 4.78 is 54.0. The number of hydrogen-bond acceptors (Lipinski definition) is 5. The summed E-state index contributed by atoms with van der Waals surface area (Å²) in [5.41, 5.74) is 0.928. The number of rotatable bonds is 8. The zero-order valence-corrected chi connectivity index (χ0v) is 20.7. The normalized spacial score (nSPS) is 20.3. The molecule has 2 fully saturated rings. The molecule has 0 aliphatic carbocycles. The van der Waals surface area contributed by atoms with Crippen molar-refractivity contribution in [3.05, 3.63) is 60.2 Å². The van der Waals surface area contributed by atoms with Crippen molar-refractivity contribution in [3.8, 4) is 0 Å². The van der Waals surface area contributed by atoms with Crippen molar-refractivity contribution in [3.63, 3.8) is 0 Å². The number of benzene rings is 2. The molecule has 2 aliphatic heterocycles. The second-order valence-electron chi connectivity index (χ2n) is 8.81. The van der Waals surface area contributed by atoms with Crippen molar-refractivity contribution in [2.45, 2.75) is 41.9 Å². The number of hydrogen-bond donors (Lipinski definition) is 1. The van der Waals surface area contributed by atoms with E-state index < -0.39 is 20.0 Å². The van der Waals surface area contributed by atoms with E-state index in [1.165, 1.54) is 8.61 Å². The van der Waals surface area contributed by atoms with Gasteiger partial charge in [-0.15, -0.1) is 0 Å². The summed E-state index contributed by atoms with van der Waals surface area (Å²) in [6.07, 6.45) is 3.64. The fourth-order valence-corrected chi connectivity index (χ4v) is 7.56. The molecule has 34 heavy (non-hydrogen) atoms. The molecule has 2 aromatic rings. The third-order valence-corrected chi connectivity index (χ3v) is 10.3. The molecule has 1 atom stereocenters. The van der Waals surface area contributed by atoms with Crippen LogP contribution in [0.5, 0.6) is 0 Å². The van der Waals surface area contributed by atoms with Crippen molar-refractivity contribution in [1.82, 2.24) is 13.9 Å². The second kappa shape index (κ2) is 10.6. The predicted molar refractivity (Wildman–Crippen MR) is 129 cm³/mol. The minimum Gasteiger partial charge on any atom is -0.355 e. The first kappa shape index (κ1) is 24.8. The number of carbonyl (C=O) groups is 1. The highest BCUT2D eigenvalue weighted by molar-refractivity contribution is 7.89. The Morgan fingerprint density at radius 2 is 1.38 bits per heavy atom. The molecule has 2 aromatic carbocycles. The minimum absolute atomic E-state index is 0.152. The quantitative estimate of drug-likeness (QED) is 0.593. The average molecular weight is 506 g/mol. The molecule has 0 spiro atoms. The van der Waals surface area contributed by atoms with E-state index in [4.69, 9.17) is 0 Å². The van der Waals surface area contributed by atoms with E-state index in [1.807, 2.05) is 0 Å². The Balaban J connectivity index is 1.29. The first-order valence-corrected chi connectivity index (χ1v) is 14.6. The maximum atomic E-state index is 12.9. The smallest absolute Gasteiger partial charge is 0.243 e. The van der Waals surface area contributed by atoms with Crippen molar-refractivity contribution < 1.29 is 21.6 Å². The Bertz CT molecular complexity index is 1190. The van der Waals surface area contributed by atoms with Crippen LogP contribution >= 0.6 is 0 Å². The lowest BCUT2D eigenvalue weighted by Crippen LogP contribution is -2.45. The third-order valence-electron chi connectivity index (χ3n) is 6.47. The second-order valence-corrected chi connectivity index (χ2v) is 12.7. The largest absolute Gasteiger partial charge is 0.355 e. The number of sulfonamides is 2. The molecule has 8 nitrogen and oxygen atoms in total. The standard InChI is InChI=1S/C24H31N3O5S2/c28-24(21-7-6-18-27(19-21)34(31,32)22-8-2-1-3-9-22)25-15-14-20-10-12-23(13-11-20)33(29,30)26-16-4-5-17-26/h1-3,8-13,21H,4-7,14-19H2,(H,25,28)/t21-/m1/s1. The number of piperidine rings is 1. The van der Waals surface area contributed by atoms with E-state index in [1.54, 1.807) is 54.6 Å². The first-order chi connectivity index (χ1) is 16.3. The van der Waals surface area contributed by atoms with Crippen LogP contribution < -0.4 is 5.32 Å². The molecule has 4 rings (SSSR count). The van der Waals surface area contributed by atoms with Crippen molar-refractivity contribution in [2.24, 2.45) is 5.92 Å². The number of nitrogens with one attached hydrogen (secondary N) is 1. The molecule has 2 saturated heterocycles. The van der Waals surface area contributed by atoms with Crippen LogP contribution in [0.2, 0.25) is 0 Å². The lowest BCUT2D eigenvalue weighted by molar-refractivity contribution is -0.126. The zero-order chi connectivity index (χ0) is 24.2. The first-order valence-electron chi connectivity index (χ1n) is 11.7.